The first-order valence-corrected chi connectivity index (χ1v) is 6.40. The number of hydrogen-bond donors (Lipinski definition) is 2. The minimum absolute atomic E-state index is 0.333. The normalized spacial score (nSPS) is 24.1. The number of phenols is 1. The van der Waals surface area contributed by atoms with Crippen molar-refractivity contribution >= 4 is 0 Å². The van der Waals surface area contributed by atoms with Gasteiger partial charge in [0.05, 0.1) is 6.10 Å². The van der Waals surface area contributed by atoms with Gasteiger partial charge < -0.3 is 15.2 Å². The molecular weight excluding hydrogens is 214 g/mol. The molecular formula is C14H21NO2. The summed E-state index contributed by atoms with van der Waals surface area (Å²) in [6, 6.07) is 7.39. The van der Waals surface area contributed by atoms with E-state index in [-0.39, 0.29) is 0 Å². The quantitative estimate of drug-likeness (QED) is 0.823. The first kappa shape index (κ1) is 12.4. The molecule has 1 fully saturated rings. The fourth-order valence-corrected chi connectivity index (χ4v) is 2.45. The molecule has 1 aromatic carbocycles. The molecule has 0 aromatic heterocycles. The molecule has 17 heavy (non-hydrogen) atoms. The molecule has 0 bridgehead atoms. The second-order valence-corrected chi connectivity index (χ2v) is 4.67. The number of nitrogens with one attached hydrogen (secondary N) is 1. The third kappa shape index (κ3) is 3.45. The van der Waals surface area contributed by atoms with E-state index in [1.165, 1.54) is 0 Å². The summed E-state index contributed by atoms with van der Waals surface area (Å²) in [6.45, 7) is 4.88. The molecule has 0 amide bonds. The molecule has 2 unspecified atom stereocenters. The van der Waals surface area contributed by atoms with Crippen molar-refractivity contribution < 1.29 is 9.84 Å². The summed E-state index contributed by atoms with van der Waals surface area (Å²) in [5.74, 6) is 0.970. The zero-order valence-corrected chi connectivity index (χ0v) is 10.4. The van der Waals surface area contributed by atoms with Crippen LogP contribution in [-0.2, 0) is 11.3 Å². The molecule has 1 aliphatic rings. The van der Waals surface area contributed by atoms with Crippen molar-refractivity contribution in [2.75, 3.05) is 13.2 Å². The molecule has 2 atom stereocenters. The van der Waals surface area contributed by atoms with Crippen LogP contribution in [0.15, 0.2) is 24.3 Å². The predicted molar refractivity (Wildman–Crippen MR) is 68.0 cm³/mol. The highest BCUT2D eigenvalue weighted by Crippen LogP contribution is 2.22. The summed E-state index contributed by atoms with van der Waals surface area (Å²) in [5, 5.41) is 12.8. The molecule has 3 heteroatoms. The van der Waals surface area contributed by atoms with Crippen molar-refractivity contribution in [2.24, 2.45) is 5.92 Å². The van der Waals surface area contributed by atoms with E-state index < -0.39 is 0 Å². The van der Waals surface area contributed by atoms with Crippen LogP contribution in [0.3, 0.4) is 0 Å². The van der Waals surface area contributed by atoms with Gasteiger partial charge in [0.2, 0.25) is 0 Å². The minimum atomic E-state index is 0.333. The first-order valence-electron chi connectivity index (χ1n) is 6.40. The summed E-state index contributed by atoms with van der Waals surface area (Å²) in [7, 11) is 0. The smallest absolute Gasteiger partial charge is 0.115 e. The van der Waals surface area contributed by atoms with Crippen molar-refractivity contribution in [3.63, 3.8) is 0 Å². The highest BCUT2D eigenvalue weighted by atomic mass is 16.5. The van der Waals surface area contributed by atoms with Crippen molar-refractivity contribution in [1.29, 1.82) is 0 Å². The van der Waals surface area contributed by atoms with Crippen LogP contribution in [0.4, 0.5) is 0 Å². The second-order valence-electron chi connectivity index (χ2n) is 4.67. The number of hydrogen-bond acceptors (Lipinski definition) is 3. The van der Waals surface area contributed by atoms with E-state index in [4.69, 9.17) is 4.74 Å². The lowest BCUT2D eigenvalue weighted by Crippen LogP contribution is -2.27. The molecule has 2 N–H and O–H groups in total. The Morgan fingerprint density at radius 2 is 2.35 bits per heavy atom. The van der Waals surface area contributed by atoms with E-state index in [1.807, 2.05) is 12.1 Å². The maximum Gasteiger partial charge on any atom is 0.115 e. The third-order valence-electron chi connectivity index (χ3n) is 3.39. The Labute approximate surface area is 103 Å². The Hall–Kier alpha value is -1.06. The van der Waals surface area contributed by atoms with E-state index in [0.29, 0.717) is 17.8 Å². The van der Waals surface area contributed by atoms with Crippen LogP contribution >= 0.6 is 0 Å². The lowest BCUT2D eigenvalue weighted by Gasteiger charge is -2.17. The highest BCUT2D eigenvalue weighted by molar-refractivity contribution is 5.26. The van der Waals surface area contributed by atoms with Crippen LogP contribution in [0.2, 0.25) is 0 Å². The van der Waals surface area contributed by atoms with Gasteiger partial charge in [0.25, 0.3) is 0 Å². The SMILES string of the molecule is CCC1OCCC1CNCc1cccc(O)c1. The molecule has 2 rings (SSSR count). The number of phenolic OH excluding ortho intramolecular Hbond substituents is 1. The third-order valence-corrected chi connectivity index (χ3v) is 3.39. The van der Waals surface area contributed by atoms with Gasteiger partial charge in [-0.15, -0.1) is 0 Å². The molecule has 1 aromatic rings. The largest absolute Gasteiger partial charge is 0.508 e. The van der Waals surface area contributed by atoms with Crippen molar-refractivity contribution in [2.45, 2.75) is 32.4 Å². The van der Waals surface area contributed by atoms with Gasteiger partial charge in [-0.05, 0) is 36.5 Å². The van der Waals surface area contributed by atoms with Crippen LogP contribution in [0.25, 0.3) is 0 Å². The van der Waals surface area contributed by atoms with Gasteiger partial charge in [-0.1, -0.05) is 19.1 Å². The van der Waals surface area contributed by atoms with Gasteiger partial charge in [-0.3, -0.25) is 0 Å². The number of ether oxygens (including phenoxy) is 1. The van der Waals surface area contributed by atoms with Gasteiger partial charge in [-0.25, -0.2) is 0 Å². The Morgan fingerprint density at radius 3 is 3.12 bits per heavy atom. The molecule has 94 valence electrons. The number of aromatic hydroxyl groups is 1. The maximum atomic E-state index is 9.36. The maximum absolute atomic E-state index is 9.36. The molecule has 1 saturated heterocycles. The monoisotopic (exact) mass is 235 g/mol. The predicted octanol–water partition coefficient (Wildman–Crippen LogP) is 2.30. The first-order chi connectivity index (χ1) is 8.29. The van der Waals surface area contributed by atoms with E-state index >= 15 is 0 Å². The average molecular weight is 235 g/mol. The highest BCUT2D eigenvalue weighted by Gasteiger charge is 2.25. The van der Waals surface area contributed by atoms with E-state index in [9.17, 15) is 5.11 Å². The zero-order valence-electron chi connectivity index (χ0n) is 10.4. The molecule has 1 aliphatic heterocycles. The summed E-state index contributed by atoms with van der Waals surface area (Å²) in [6.07, 6.45) is 2.68. The van der Waals surface area contributed by atoms with Crippen molar-refractivity contribution in [1.82, 2.24) is 5.32 Å². The molecule has 0 saturated carbocycles. The number of rotatable bonds is 5. The van der Waals surface area contributed by atoms with Crippen LogP contribution in [0.1, 0.15) is 25.3 Å². The Morgan fingerprint density at radius 1 is 1.47 bits per heavy atom. The topological polar surface area (TPSA) is 41.5 Å². The molecule has 1 heterocycles. The van der Waals surface area contributed by atoms with Gasteiger partial charge in [0.1, 0.15) is 5.75 Å². The van der Waals surface area contributed by atoms with Gasteiger partial charge in [0.15, 0.2) is 0 Å². The van der Waals surface area contributed by atoms with Crippen molar-refractivity contribution in [3.8, 4) is 5.75 Å². The lowest BCUT2D eigenvalue weighted by molar-refractivity contribution is 0.0872. The minimum Gasteiger partial charge on any atom is -0.508 e. The van der Waals surface area contributed by atoms with Crippen LogP contribution in [-0.4, -0.2) is 24.4 Å². The van der Waals surface area contributed by atoms with Gasteiger partial charge in [-0.2, -0.15) is 0 Å². The Kier molecular flexibility index (Phi) is 4.40. The fraction of sp³-hybridized carbons (Fsp3) is 0.571. The summed E-state index contributed by atoms with van der Waals surface area (Å²) in [5.41, 5.74) is 1.12. The summed E-state index contributed by atoms with van der Waals surface area (Å²) < 4.78 is 5.66. The van der Waals surface area contributed by atoms with Gasteiger partial charge in [0, 0.05) is 19.7 Å². The van der Waals surface area contributed by atoms with Gasteiger partial charge >= 0.3 is 0 Å². The molecule has 0 aliphatic carbocycles. The second kappa shape index (κ2) is 6.03. The zero-order chi connectivity index (χ0) is 12.1. The van der Waals surface area contributed by atoms with Crippen LogP contribution in [0, 0.1) is 5.92 Å². The molecule has 0 radical (unpaired) electrons. The number of benzene rings is 1. The fourth-order valence-electron chi connectivity index (χ4n) is 2.45. The standard InChI is InChI=1S/C14H21NO2/c1-2-14-12(6-7-17-14)10-15-9-11-4-3-5-13(16)8-11/h3-5,8,12,14-16H,2,6-7,9-10H2,1H3. The Balaban J connectivity index is 1.76. The van der Waals surface area contributed by atoms with E-state index in [2.05, 4.69) is 12.2 Å². The van der Waals surface area contributed by atoms with E-state index in [1.54, 1.807) is 12.1 Å². The summed E-state index contributed by atoms with van der Waals surface area (Å²) >= 11 is 0. The average Bonchev–Trinajstić information content (AvgIpc) is 2.77. The lowest BCUT2D eigenvalue weighted by atomic mass is 9.99. The van der Waals surface area contributed by atoms with Crippen LogP contribution in [0.5, 0.6) is 5.75 Å². The molecule has 3 nitrogen and oxygen atoms in total. The molecule has 0 spiro atoms. The summed E-state index contributed by atoms with van der Waals surface area (Å²) in [4.78, 5) is 0. The Bertz CT molecular complexity index is 354. The van der Waals surface area contributed by atoms with Crippen molar-refractivity contribution in [3.05, 3.63) is 29.8 Å². The van der Waals surface area contributed by atoms with Crippen LogP contribution < -0.4 is 5.32 Å². The van der Waals surface area contributed by atoms with E-state index in [0.717, 1.165) is 38.1 Å².